The number of rotatable bonds is 6. The summed E-state index contributed by atoms with van der Waals surface area (Å²) in [5.41, 5.74) is 1.09. The Kier molecular flexibility index (Phi) is 6.49. The molecular weight excluding hydrogens is 395 g/mol. The topological polar surface area (TPSA) is 57.7 Å². The molecule has 0 fully saturated rings. The Bertz CT molecular complexity index is 820. The molecule has 1 aromatic carbocycles. The van der Waals surface area contributed by atoms with E-state index in [1.54, 1.807) is 24.3 Å². The van der Waals surface area contributed by atoms with Crippen molar-refractivity contribution in [3.05, 3.63) is 51.0 Å². The van der Waals surface area contributed by atoms with E-state index < -0.39 is 17.2 Å². The number of halogens is 4. The lowest BCUT2D eigenvalue weighted by Crippen LogP contribution is -2.08. The van der Waals surface area contributed by atoms with Crippen molar-refractivity contribution in [3.8, 4) is 5.88 Å². The standard InChI is InChI=1S/C16H13ClF3NO4S/c1-23-8-11(14(22)24-2)10-6-4-3-5-9(10)7-25-13-12(17)26-15(21-13)16(18,19)20/h3-6,8H,7H2,1-2H3. The third-order valence-electron chi connectivity index (χ3n) is 3.11. The van der Waals surface area contributed by atoms with Crippen LogP contribution in [0.15, 0.2) is 30.5 Å². The summed E-state index contributed by atoms with van der Waals surface area (Å²) in [5, 5.41) is -1.10. The Morgan fingerprint density at radius 1 is 1.31 bits per heavy atom. The molecule has 0 aliphatic carbocycles. The fraction of sp³-hybridized carbons (Fsp3) is 0.250. The van der Waals surface area contributed by atoms with Crippen LogP contribution in [0.25, 0.3) is 5.57 Å². The van der Waals surface area contributed by atoms with Crippen molar-refractivity contribution in [1.29, 1.82) is 0 Å². The van der Waals surface area contributed by atoms with E-state index in [9.17, 15) is 18.0 Å². The highest BCUT2D eigenvalue weighted by atomic mass is 35.5. The van der Waals surface area contributed by atoms with Gasteiger partial charge >= 0.3 is 12.1 Å². The van der Waals surface area contributed by atoms with Crippen molar-refractivity contribution in [2.45, 2.75) is 12.8 Å². The van der Waals surface area contributed by atoms with Gasteiger partial charge in [0.25, 0.3) is 0 Å². The first-order valence-electron chi connectivity index (χ1n) is 7.03. The molecule has 0 amide bonds. The second-order valence-electron chi connectivity index (χ2n) is 4.80. The molecule has 0 saturated carbocycles. The highest BCUT2D eigenvalue weighted by molar-refractivity contribution is 7.16. The number of carbonyl (C=O) groups excluding carboxylic acids is 1. The lowest BCUT2D eigenvalue weighted by Gasteiger charge is -2.12. The maximum Gasteiger partial charge on any atom is 0.443 e. The molecule has 26 heavy (non-hydrogen) atoms. The van der Waals surface area contributed by atoms with Gasteiger partial charge in [0.05, 0.1) is 20.5 Å². The van der Waals surface area contributed by atoms with Gasteiger partial charge in [-0.05, 0) is 11.1 Å². The van der Waals surface area contributed by atoms with E-state index in [0.717, 1.165) is 0 Å². The molecule has 0 aliphatic rings. The van der Waals surface area contributed by atoms with Gasteiger partial charge in [-0.1, -0.05) is 47.2 Å². The summed E-state index contributed by atoms with van der Waals surface area (Å²) < 4.78 is 52.8. The maximum absolute atomic E-state index is 12.7. The summed E-state index contributed by atoms with van der Waals surface area (Å²) in [4.78, 5) is 15.3. The maximum atomic E-state index is 12.7. The largest absolute Gasteiger partial charge is 0.503 e. The Balaban J connectivity index is 2.28. The zero-order valence-electron chi connectivity index (χ0n) is 13.6. The van der Waals surface area contributed by atoms with Gasteiger partial charge in [0.15, 0.2) is 4.34 Å². The summed E-state index contributed by atoms with van der Waals surface area (Å²) in [6.45, 7) is -0.158. The highest BCUT2D eigenvalue weighted by Crippen LogP contribution is 2.39. The first kappa shape index (κ1) is 20.1. The van der Waals surface area contributed by atoms with Crippen LogP contribution in [0.4, 0.5) is 13.2 Å². The van der Waals surface area contributed by atoms with E-state index in [-0.39, 0.29) is 33.7 Å². The molecule has 0 saturated heterocycles. The van der Waals surface area contributed by atoms with Gasteiger partial charge < -0.3 is 14.2 Å². The number of hydrogen-bond acceptors (Lipinski definition) is 6. The van der Waals surface area contributed by atoms with Crippen LogP contribution in [-0.2, 0) is 27.1 Å². The van der Waals surface area contributed by atoms with Crippen LogP contribution < -0.4 is 4.74 Å². The number of ether oxygens (including phenoxy) is 3. The van der Waals surface area contributed by atoms with E-state index in [1.165, 1.54) is 20.5 Å². The average molecular weight is 408 g/mol. The minimum absolute atomic E-state index is 0.134. The van der Waals surface area contributed by atoms with Gasteiger partial charge in [-0.15, -0.1) is 0 Å². The van der Waals surface area contributed by atoms with Gasteiger partial charge in [0.2, 0.25) is 10.9 Å². The van der Waals surface area contributed by atoms with E-state index in [4.69, 9.17) is 25.8 Å². The SMILES string of the molecule is COC=C(C(=O)OC)c1ccccc1COc1nc(C(F)(F)F)sc1Cl. The van der Waals surface area contributed by atoms with E-state index in [0.29, 0.717) is 11.1 Å². The number of nitrogens with zero attached hydrogens (tertiary/aromatic N) is 1. The monoisotopic (exact) mass is 407 g/mol. The first-order chi connectivity index (χ1) is 12.3. The molecule has 0 radical (unpaired) electrons. The fourth-order valence-corrected chi connectivity index (χ4v) is 2.92. The minimum atomic E-state index is -4.60. The van der Waals surface area contributed by atoms with Crippen LogP contribution in [0.5, 0.6) is 5.88 Å². The van der Waals surface area contributed by atoms with Crippen molar-refractivity contribution in [2.24, 2.45) is 0 Å². The molecule has 0 bridgehead atoms. The van der Waals surface area contributed by atoms with Gasteiger partial charge in [-0.25, -0.2) is 4.79 Å². The molecule has 0 spiro atoms. The molecule has 0 N–H and O–H groups in total. The minimum Gasteiger partial charge on any atom is -0.503 e. The van der Waals surface area contributed by atoms with Crippen LogP contribution >= 0.6 is 22.9 Å². The number of hydrogen-bond donors (Lipinski definition) is 0. The van der Waals surface area contributed by atoms with Crippen molar-refractivity contribution in [1.82, 2.24) is 4.98 Å². The van der Waals surface area contributed by atoms with Gasteiger partial charge in [0.1, 0.15) is 12.2 Å². The normalized spacial score (nSPS) is 12.0. The van der Waals surface area contributed by atoms with Crippen molar-refractivity contribution < 1.29 is 32.2 Å². The number of benzene rings is 1. The molecular formula is C16H13ClF3NO4S. The molecule has 140 valence electrons. The molecule has 2 aromatic rings. The number of aromatic nitrogens is 1. The van der Waals surface area contributed by atoms with Crippen molar-refractivity contribution >= 4 is 34.5 Å². The predicted molar refractivity (Wildman–Crippen MR) is 89.9 cm³/mol. The van der Waals surface area contributed by atoms with E-state index in [1.807, 2.05) is 0 Å². The molecule has 0 aliphatic heterocycles. The molecule has 10 heteroatoms. The molecule has 1 aromatic heterocycles. The molecule has 2 rings (SSSR count). The lowest BCUT2D eigenvalue weighted by atomic mass is 10.0. The summed E-state index contributed by atoms with van der Waals surface area (Å²) in [5.74, 6) is -0.959. The van der Waals surface area contributed by atoms with Crippen LogP contribution in [0.3, 0.4) is 0 Å². The van der Waals surface area contributed by atoms with Gasteiger partial charge in [0, 0.05) is 0 Å². The first-order valence-corrected chi connectivity index (χ1v) is 8.23. The van der Waals surface area contributed by atoms with Gasteiger partial charge in [-0.2, -0.15) is 18.2 Å². The third-order valence-corrected chi connectivity index (χ3v) is 4.38. The van der Waals surface area contributed by atoms with Crippen LogP contribution in [0.1, 0.15) is 16.1 Å². The Hall–Kier alpha value is -2.26. The Labute approximate surface area is 156 Å². The zero-order chi connectivity index (χ0) is 19.3. The third kappa shape index (κ3) is 4.67. The molecule has 5 nitrogen and oxygen atoms in total. The Morgan fingerprint density at radius 2 is 2.00 bits per heavy atom. The number of carbonyl (C=O) groups is 1. The van der Waals surface area contributed by atoms with E-state index in [2.05, 4.69) is 4.98 Å². The van der Waals surface area contributed by atoms with Crippen molar-refractivity contribution in [2.75, 3.05) is 14.2 Å². The second-order valence-corrected chi connectivity index (χ2v) is 6.40. The Morgan fingerprint density at radius 3 is 2.58 bits per heavy atom. The number of methoxy groups -OCH3 is 2. The quantitative estimate of drug-likeness (QED) is 0.399. The second kappa shape index (κ2) is 8.41. The number of thiazole rings is 1. The van der Waals surface area contributed by atoms with Gasteiger partial charge in [-0.3, -0.25) is 0 Å². The van der Waals surface area contributed by atoms with Crippen molar-refractivity contribution in [3.63, 3.8) is 0 Å². The molecule has 0 unspecified atom stereocenters. The summed E-state index contributed by atoms with van der Waals surface area (Å²) in [6, 6.07) is 6.65. The summed E-state index contributed by atoms with van der Waals surface area (Å²) in [7, 11) is 2.59. The average Bonchev–Trinajstić information content (AvgIpc) is 2.99. The summed E-state index contributed by atoms with van der Waals surface area (Å²) >= 11 is 6.05. The molecule has 1 heterocycles. The number of alkyl halides is 3. The van der Waals surface area contributed by atoms with Crippen LogP contribution in [-0.4, -0.2) is 25.2 Å². The van der Waals surface area contributed by atoms with Crippen LogP contribution in [0, 0.1) is 0 Å². The molecule has 0 atom stereocenters. The number of esters is 1. The zero-order valence-corrected chi connectivity index (χ0v) is 15.2. The van der Waals surface area contributed by atoms with Crippen LogP contribution in [0.2, 0.25) is 4.34 Å². The smallest absolute Gasteiger partial charge is 0.443 e. The predicted octanol–water partition coefficient (Wildman–Crippen LogP) is 4.55. The fourth-order valence-electron chi connectivity index (χ4n) is 2.00. The van der Waals surface area contributed by atoms with E-state index >= 15 is 0 Å². The lowest BCUT2D eigenvalue weighted by molar-refractivity contribution is -0.138. The summed E-state index contributed by atoms with van der Waals surface area (Å²) in [6.07, 6.45) is -3.39. The highest BCUT2D eigenvalue weighted by Gasteiger charge is 2.36.